The normalized spacial score (nSPS) is 20.8. The predicted octanol–water partition coefficient (Wildman–Crippen LogP) is 5.53. The Morgan fingerprint density at radius 3 is 2.42 bits per heavy atom. The van der Waals surface area contributed by atoms with Crippen molar-refractivity contribution in [3.05, 3.63) is 105 Å². The average Bonchev–Trinajstić information content (AvgIpc) is 3.75. The molecule has 8 rings (SSSR count). The van der Waals surface area contributed by atoms with Gasteiger partial charge in [0.25, 0.3) is 5.56 Å². The summed E-state index contributed by atoms with van der Waals surface area (Å²) in [5.74, 6) is 0.736. The first-order valence-electron chi connectivity index (χ1n) is 17.9. The molecule has 0 bridgehead atoms. The van der Waals surface area contributed by atoms with Gasteiger partial charge in [0.2, 0.25) is 17.7 Å². The highest BCUT2D eigenvalue weighted by molar-refractivity contribution is 6.39. The number of hydrogen-bond donors (Lipinski definition) is 4. The zero-order valence-corrected chi connectivity index (χ0v) is 30.7. The highest BCUT2D eigenvalue weighted by atomic mass is 35.5. The molecule has 1 atom stereocenters. The molecule has 2 amide bonds. The van der Waals surface area contributed by atoms with Gasteiger partial charge >= 0.3 is 0 Å². The van der Waals surface area contributed by atoms with Crippen molar-refractivity contribution in [2.24, 2.45) is 5.41 Å². The van der Waals surface area contributed by atoms with Crippen LogP contribution in [0.25, 0.3) is 39.2 Å². The number of nitrogens with one attached hydrogen (secondary N) is 4. The third kappa shape index (κ3) is 6.78. The lowest BCUT2D eigenvalue weighted by atomic mass is 9.64. The Kier molecular flexibility index (Phi) is 9.67. The van der Waals surface area contributed by atoms with Gasteiger partial charge in [0, 0.05) is 84.9 Å². The van der Waals surface area contributed by atoms with Crippen molar-refractivity contribution < 1.29 is 14.3 Å². The van der Waals surface area contributed by atoms with E-state index in [-0.39, 0.29) is 34.9 Å². The highest BCUT2D eigenvalue weighted by Crippen LogP contribution is 2.46. The molecular formula is C40H39Cl2N7O4. The number of ether oxygens (including phenoxy) is 1. The SMILES string of the molecule is COc1nc(-c2cccc(-c3cccc(-c4ccn5c(=O)c(CNC6CC7(CCNC7=O)C6)cnc5c4)c3Cl)c2Cl)ccc1CNC[C@H]1CCC(=O)N1. The van der Waals surface area contributed by atoms with Crippen LogP contribution in [0, 0.1) is 5.41 Å². The third-order valence-electron chi connectivity index (χ3n) is 10.8. The summed E-state index contributed by atoms with van der Waals surface area (Å²) < 4.78 is 7.20. The Bertz CT molecular complexity index is 2310. The Balaban J connectivity index is 0.998. The van der Waals surface area contributed by atoms with Gasteiger partial charge in [-0.05, 0) is 49.4 Å². The minimum atomic E-state index is -0.231. The van der Waals surface area contributed by atoms with Gasteiger partial charge in [-0.1, -0.05) is 65.7 Å². The first kappa shape index (κ1) is 35.2. The summed E-state index contributed by atoms with van der Waals surface area (Å²) in [5.41, 5.74) is 6.07. The number of amides is 2. The molecule has 3 fully saturated rings. The lowest BCUT2D eigenvalue weighted by molar-refractivity contribution is -0.133. The van der Waals surface area contributed by atoms with E-state index in [1.807, 2.05) is 60.7 Å². The van der Waals surface area contributed by atoms with Crippen molar-refractivity contribution in [1.82, 2.24) is 35.6 Å². The molecule has 1 spiro atoms. The molecule has 1 aliphatic carbocycles. The van der Waals surface area contributed by atoms with Crippen molar-refractivity contribution in [2.45, 2.75) is 57.3 Å². The average molecular weight is 753 g/mol. The Hall–Kier alpha value is -4.81. The van der Waals surface area contributed by atoms with Crippen LogP contribution in [-0.2, 0) is 22.7 Å². The molecule has 0 radical (unpaired) electrons. The number of aromatic nitrogens is 3. The van der Waals surface area contributed by atoms with E-state index in [0.29, 0.717) is 58.9 Å². The van der Waals surface area contributed by atoms with Crippen LogP contribution in [0.3, 0.4) is 0 Å². The van der Waals surface area contributed by atoms with Crippen LogP contribution in [0.4, 0.5) is 0 Å². The minimum absolute atomic E-state index is 0.0929. The van der Waals surface area contributed by atoms with Crippen molar-refractivity contribution in [3.63, 3.8) is 0 Å². The van der Waals surface area contributed by atoms with Crippen molar-refractivity contribution in [2.75, 3.05) is 20.2 Å². The number of hydrogen-bond acceptors (Lipinski definition) is 8. The maximum absolute atomic E-state index is 13.4. The summed E-state index contributed by atoms with van der Waals surface area (Å²) >= 11 is 14.2. The summed E-state index contributed by atoms with van der Waals surface area (Å²) in [6.45, 7) is 2.34. The number of pyridine rings is 2. The van der Waals surface area contributed by atoms with Crippen molar-refractivity contribution >= 4 is 40.7 Å². The van der Waals surface area contributed by atoms with E-state index in [2.05, 4.69) is 26.3 Å². The molecule has 2 aromatic carbocycles. The molecule has 3 aliphatic rings. The van der Waals surface area contributed by atoms with E-state index < -0.39 is 0 Å². The Labute approximate surface area is 316 Å². The zero-order chi connectivity index (χ0) is 36.7. The predicted molar refractivity (Wildman–Crippen MR) is 205 cm³/mol. The summed E-state index contributed by atoms with van der Waals surface area (Å²) in [7, 11) is 1.59. The molecule has 1 saturated carbocycles. The van der Waals surface area contributed by atoms with Gasteiger partial charge in [-0.2, -0.15) is 0 Å². The molecule has 53 heavy (non-hydrogen) atoms. The molecule has 272 valence electrons. The standard InChI is InChI=1S/C40H39Cl2N7O4/c1-53-37-24(19-43-22-26-9-11-34(50)47-26)8-10-32(48-37)31-7-3-6-30(36(31)42)29-5-2-4-28(35(29)41)23-12-15-49-33(16-23)46-21-25(38(49)51)20-45-27-17-40(18-27)13-14-44-39(40)52/h2-8,10,12,15-16,21,26-27,43,45H,9,11,13-14,17-20,22H2,1H3,(H,44,52)(H,47,50)/t26-,27?,40?/m1/s1. The first-order valence-corrected chi connectivity index (χ1v) is 18.6. The number of methoxy groups -OCH3 is 1. The molecule has 5 aromatic rings. The minimum Gasteiger partial charge on any atom is -0.481 e. The van der Waals surface area contributed by atoms with Gasteiger partial charge < -0.3 is 26.0 Å². The lowest BCUT2D eigenvalue weighted by Gasteiger charge is -2.43. The van der Waals surface area contributed by atoms with Crippen LogP contribution in [0.5, 0.6) is 5.88 Å². The largest absolute Gasteiger partial charge is 0.481 e. The van der Waals surface area contributed by atoms with E-state index in [0.717, 1.165) is 65.6 Å². The molecule has 2 aliphatic heterocycles. The second-order valence-electron chi connectivity index (χ2n) is 14.1. The van der Waals surface area contributed by atoms with Gasteiger partial charge in [0.1, 0.15) is 5.65 Å². The smallest absolute Gasteiger partial charge is 0.262 e. The van der Waals surface area contributed by atoms with Gasteiger partial charge in [-0.15, -0.1) is 0 Å². The number of halogens is 2. The molecular weight excluding hydrogens is 713 g/mol. The molecule has 2 saturated heterocycles. The van der Waals surface area contributed by atoms with E-state index in [9.17, 15) is 14.4 Å². The number of nitrogens with zero attached hydrogens (tertiary/aromatic N) is 3. The number of fused-ring (bicyclic) bond motifs is 1. The maximum atomic E-state index is 13.4. The van der Waals surface area contributed by atoms with Crippen molar-refractivity contribution in [1.29, 1.82) is 0 Å². The first-order chi connectivity index (χ1) is 25.7. The van der Waals surface area contributed by atoms with Gasteiger partial charge in [0.15, 0.2) is 0 Å². The summed E-state index contributed by atoms with van der Waals surface area (Å²) in [6, 6.07) is 19.5. The molecule has 4 N–H and O–H groups in total. The summed E-state index contributed by atoms with van der Waals surface area (Å²) in [4.78, 5) is 46.5. The van der Waals surface area contributed by atoms with Crippen LogP contribution in [0.2, 0.25) is 10.0 Å². The van der Waals surface area contributed by atoms with E-state index in [1.165, 1.54) is 0 Å². The second-order valence-corrected chi connectivity index (χ2v) is 14.9. The van der Waals surface area contributed by atoms with Crippen LogP contribution in [0.1, 0.15) is 43.2 Å². The number of benzene rings is 2. The topological polar surface area (TPSA) is 139 Å². The Morgan fingerprint density at radius 2 is 1.70 bits per heavy atom. The van der Waals surface area contributed by atoms with E-state index in [1.54, 1.807) is 23.9 Å². The van der Waals surface area contributed by atoms with Crippen molar-refractivity contribution in [3.8, 4) is 39.4 Å². The highest BCUT2D eigenvalue weighted by Gasteiger charge is 2.52. The molecule has 5 heterocycles. The fourth-order valence-corrected chi connectivity index (χ4v) is 8.49. The lowest BCUT2D eigenvalue weighted by Crippen LogP contribution is -2.52. The van der Waals surface area contributed by atoms with Crippen LogP contribution < -0.4 is 31.6 Å². The van der Waals surface area contributed by atoms with E-state index >= 15 is 0 Å². The van der Waals surface area contributed by atoms with E-state index in [4.69, 9.17) is 32.9 Å². The van der Waals surface area contributed by atoms with Gasteiger partial charge in [-0.25, -0.2) is 9.97 Å². The van der Waals surface area contributed by atoms with Crippen LogP contribution in [0.15, 0.2) is 77.9 Å². The number of carbonyl (C=O) groups excluding carboxylic acids is 2. The van der Waals surface area contributed by atoms with Gasteiger partial charge in [0.05, 0.1) is 33.8 Å². The molecule has 11 nitrogen and oxygen atoms in total. The van der Waals surface area contributed by atoms with Crippen LogP contribution >= 0.6 is 23.2 Å². The number of carbonyl (C=O) groups is 2. The second kappa shape index (κ2) is 14.5. The van der Waals surface area contributed by atoms with Crippen LogP contribution in [-0.4, -0.2) is 58.5 Å². The molecule has 0 unspecified atom stereocenters. The number of rotatable bonds is 11. The molecule has 3 aromatic heterocycles. The molecule has 13 heteroatoms. The fraction of sp³-hybridized carbons (Fsp3) is 0.325. The quantitative estimate of drug-likeness (QED) is 0.138. The third-order valence-corrected chi connectivity index (χ3v) is 11.6. The summed E-state index contributed by atoms with van der Waals surface area (Å²) in [5, 5.41) is 13.7. The maximum Gasteiger partial charge on any atom is 0.262 e. The Morgan fingerprint density at radius 1 is 0.943 bits per heavy atom. The monoisotopic (exact) mass is 751 g/mol. The summed E-state index contributed by atoms with van der Waals surface area (Å²) in [6.07, 6.45) is 7.21. The zero-order valence-electron chi connectivity index (χ0n) is 29.2. The fourth-order valence-electron chi connectivity index (χ4n) is 7.83. The van der Waals surface area contributed by atoms with Gasteiger partial charge in [-0.3, -0.25) is 18.8 Å².